The molecule has 2 nitrogen and oxygen atoms in total. The van der Waals surface area contributed by atoms with Crippen molar-refractivity contribution in [3.63, 3.8) is 0 Å². The molecule has 0 N–H and O–H groups in total. The number of hydrogen-bond donors (Lipinski definition) is 0. The lowest BCUT2D eigenvalue weighted by atomic mass is 10.2. The summed E-state index contributed by atoms with van der Waals surface area (Å²) in [5.41, 5.74) is 0. The van der Waals surface area contributed by atoms with E-state index >= 15 is 0 Å². The van der Waals surface area contributed by atoms with Crippen molar-refractivity contribution in [2.45, 2.75) is 31.1 Å². The lowest BCUT2D eigenvalue weighted by molar-refractivity contribution is -0.117. The summed E-state index contributed by atoms with van der Waals surface area (Å²) in [4.78, 5) is 10.6. The monoisotopic (exact) mass is 260 g/mol. The average Bonchev–Trinajstić information content (AvgIpc) is 2.27. The lowest BCUT2D eigenvalue weighted by Gasteiger charge is -2.03. The summed E-state index contributed by atoms with van der Waals surface area (Å²) >= 11 is 0. The molecule has 0 saturated heterocycles. The van der Waals surface area contributed by atoms with E-state index in [0.717, 1.165) is 18.2 Å². The molecule has 17 heavy (non-hydrogen) atoms. The Morgan fingerprint density at radius 3 is 2.65 bits per heavy atom. The van der Waals surface area contributed by atoms with E-state index in [0.29, 0.717) is 19.3 Å². The zero-order chi connectivity index (χ0) is 12.8. The molecular weight excluding hydrogens is 246 g/mol. The van der Waals surface area contributed by atoms with Crippen LogP contribution in [0.25, 0.3) is 0 Å². The Morgan fingerprint density at radius 2 is 2.00 bits per heavy atom. The third kappa shape index (κ3) is 4.73. The lowest BCUT2D eigenvalue weighted by Crippen LogP contribution is -2.02. The van der Waals surface area contributed by atoms with Crippen LogP contribution in [0.5, 0.6) is 0 Å². The molecule has 0 amide bonds. The van der Waals surface area contributed by atoms with Crippen LogP contribution in [0.4, 0.5) is 8.78 Å². The molecule has 1 atom stereocenters. The molecule has 0 aliphatic heterocycles. The van der Waals surface area contributed by atoms with Crippen LogP contribution in [-0.2, 0) is 15.6 Å². The van der Waals surface area contributed by atoms with Gasteiger partial charge >= 0.3 is 0 Å². The van der Waals surface area contributed by atoms with E-state index < -0.39 is 22.4 Å². The molecule has 1 aromatic rings. The maximum absolute atomic E-state index is 13.2. The van der Waals surface area contributed by atoms with Gasteiger partial charge in [0.2, 0.25) is 0 Å². The summed E-state index contributed by atoms with van der Waals surface area (Å²) in [7, 11) is -1.55. The highest BCUT2D eigenvalue weighted by Crippen LogP contribution is 2.15. The van der Waals surface area contributed by atoms with Crippen LogP contribution < -0.4 is 0 Å². The summed E-state index contributed by atoms with van der Waals surface area (Å²) < 4.78 is 37.8. The number of Topliss-reactive ketones (excluding diaryl/α,β-unsaturated/α-hetero) is 1. The van der Waals surface area contributed by atoms with Gasteiger partial charge in [0.1, 0.15) is 17.4 Å². The Bertz CT molecular complexity index is 433. The Kier molecular flexibility index (Phi) is 5.41. The highest BCUT2D eigenvalue weighted by atomic mass is 32.2. The molecule has 0 bridgehead atoms. The SMILES string of the molecule is CC(=O)CCCCS(=O)c1cc(F)ccc1F. The molecular formula is C12H14F2O2S. The molecule has 1 rings (SSSR count). The van der Waals surface area contributed by atoms with Gasteiger partial charge in [-0.05, 0) is 38.0 Å². The Balaban J connectivity index is 2.52. The van der Waals surface area contributed by atoms with Crippen LogP contribution in [0.3, 0.4) is 0 Å². The number of carbonyl (C=O) groups excluding carboxylic acids is 1. The molecule has 0 fully saturated rings. The fraction of sp³-hybridized carbons (Fsp3) is 0.417. The normalized spacial score (nSPS) is 12.4. The van der Waals surface area contributed by atoms with E-state index in [4.69, 9.17) is 0 Å². The van der Waals surface area contributed by atoms with Crippen molar-refractivity contribution in [2.24, 2.45) is 0 Å². The van der Waals surface area contributed by atoms with Crippen LogP contribution in [0.2, 0.25) is 0 Å². The largest absolute Gasteiger partial charge is 0.300 e. The van der Waals surface area contributed by atoms with Gasteiger partial charge in [-0.25, -0.2) is 8.78 Å². The molecule has 0 spiro atoms. The van der Waals surface area contributed by atoms with Crippen molar-refractivity contribution >= 4 is 16.6 Å². The van der Waals surface area contributed by atoms with Crippen molar-refractivity contribution < 1.29 is 17.8 Å². The predicted molar refractivity (Wildman–Crippen MR) is 62.2 cm³/mol. The van der Waals surface area contributed by atoms with Crippen LogP contribution >= 0.6 is 0 Å². The number of benzene rings is 1. The van der Waals surface area contributed by atoms with Gasteiger partial charge in [-0.1, -0.05) is 0 Å². The minimum atomic E-state index is -1.55. The maximum atomic E-state index is 13.2. The van der Waals surface area contributed by atoms with Gasteiger partial charge in [0.25, 0.3) is 0 Å². The Labute approximate surface area is 101 Å². The quantitative estimate of drug-likeness (QED) is 0.737. The first kappa shape index (κ1) is 14.0. The van der Waals surface area contributed by atoms with Gasteiger partial charge in [0.15, 0.2) is 0 Å². The second kappa shape index (κ2) is 6.59. The van der Waals surface area contributed by atoms with Crippen LogP contribution in [0.15, 0.2) is 23.1 Å². The van der Waals surface area contributed by atoms with Gasteiger partial charge < -0.3 is 4.79 Å². The topological polar surface area (TPSA) is 34.1 Å². The van der Waals surface area contributed by atoms with Gasteiger partial charge in [-0.3, -0.25) is 4.21 Å². The molecule has 0 heterocycles. The van der Waals surface area contributed by atoms with E-state index in [-0.39, 0.29) is 16.4 Å². The molecule has 0 radical (unpaired) electrons. The van der Waals surface area contributed by atoms with Gasteiger partial charge in [0.05, 0.1) is 15.7 Å². The highest BCUT2D eigenvalue weighted by Gasteiger charge is 2.11. The number of unbranched alkanes of at least 4 members (excludes halogenated alkanes) is 1. The highest BCUT2D eigenvalue weighted by molar-refractivity contribution is 7.85. The summed E-state index contributed by atoms with van der Waals surface area (Å²) in [5, 5.41) is 0. The fourth-order valence-electron chi connectivity index (χ4n) is 1.37. The summed E-state index contributed by atoms with van der Waals surface area (Å²) in [6, 6.07) is 2.92. The summed E-state index contributed by atoms with van der Waals surface area (Å²) in [6.07, 6.45) is 1.61. The zero-order valence-electron chi connectivity index (χ0n) is 9.54. The van der Waals surface area contributed by atoms with Crippen LogP contribution in [0, 0.1) is 11.6 Å². The second-order valence-electron chi connectivity index (χ2n) is 3.78. The first-order valence-corrected chi connectivity index (χ1v) is 6.65. The standard InChI is InChI=1S/C12H14F2O2S/c1-9(15)4-2-3-7-17(16)12-8-10(13)5-6-11(12)14/h5-6,8H,2-4,7H2,1H3. The van der Waals surface area contributed by atoms with Crippen LogP contribution in [0.1, 0.15) is 26.2 Å². The first-order chi connectivity index (χ1) is 8.00. The molecule has 1 unspecified atom stereocenters. The van der Waals surface area contributed by atoms with Crippen LogP contribution in [-0.4, -0.2) is 15.7 Å². The van der Waals surface area contributed by atoms with Crippen molar-refractivity contribution in [2.75, 3.05) is 5.75 Å². The molecule has 5 heteroatoms. The van der Waals surface area contributed by atoms with Crippen molar-refractivity contribution in [3.8, 4) is 0 Å². The fourth-order valence-corrected chi connectivity index (χ4v) is 2.58. The number of hydrogen-bond acceptors (Lipinski definition) is 2. The second-order valence-corrected chi connectivity index (χ2v) is 5.32. The van der Waals surface area contributed by atoms with E-state index in [9.17, 15) is 17.8 Å². The number of halogens is 2. The maximum Gasteiger partial charge on any atom is 0.139 e. The minimum absolute atomic E-state index is 0.0766. The molecule has 1 aromatic carbocycles. The molecule has 0 aliphatic carbocycles. The molecule has 94 valence electrons. The molecule has 0 saturated carbocycles. The number of ketones is 1. The Hall–Kier alpha value is -1.10. The van der Waals surface area contributed by atoms with E-state index in [2.05, 4.69) is 0 Å². The predicted octanol–water partition coefficient (Wildman–Crippen LogP) is 2.83. The van der Waals surface area contributed by atoms with Gasteiger partial charge in [-0.15, -0.1) is 0 Å². The van der Waals surface area contributed by atoms with Crippen molar-refractivity contribution in [1.82, 2.24) is 0 Å². The van der Waals surface area contributed by atoms with E-state index in [1.165, 1.54) is 6.92 Å². The van der Waals surface area contributed by atoms with Crippen molar-refractivity contribution in [1.29, 1.82) is 0 Å². The van der Waals surface area contributed by atoms with Gasteiger partial charge in [-0.2, -0.15) is 0 Å². The van der Waals surface area contributed by atoms with Gasteiger partial charge in [0, 0.05) is 12.2 Å². The molecule has 0 aliphatic rings. The third-order valence-corrected chi connectivity index (χ3v) is 3.71. The Morgan fingerprint density at radius 1 is 1.29 bits per heavy atom. The summed E-state index contributed by atoms with van der Waals surface area (Å²) in [5.74, 6) is -0.935. The zero-order valence-corrected chi connectivity index (χ0v) is 10.4. The van der Waals surface area contributed by atoms with E-state index in [1.807, 2.05) is 0 Å². The van der Waals surface area contributed by atoms with E-state index in [1.54, 1.807) is 0 Å². The smallest absolute Gasteiger partial charge is 0.139 e. The minimum Gasteiger partial charge on any atom is -0.300 e. The first-order valence-electron chi connectivity index (χ1n) is 5.33. The molecule has 0 aromatic heterocycles. The average molecular weight is 260 g/mol. The summed E-state index contributed by atoms with van der Waals surface area (Å²) in [6.45, 7) is 1.49. The third-order valence-electron chi connectivity index (χ3n) is 2.25. The number of rotatable bonds is 6. The number of carbonyl (C=O) groups is 1. The van der Waals surface area contributed by atoms with Crippen molar-refractivity contribution in [3.05, 3.63) is 29.8 Å².